The number of halogens is 2. The molecule has 0 aliphatic carbocycles. The number of para-hydroxylation sites is 1. The summed E-state index contributed by atoms with van der Waals surface area (Å²) in [6.07, 6.45) is 1.56. The van der Waals surface area contributed by atoms with Gasteiger partial charge in [-0.3, -0.25) is 9.78 Å². The Balaban J connectivity index is 2.24. The van der Waals surface area contributed by atoms with Crippen molar-refractivity contribution in [3.63, 3.8) is 0 Å². The second-order valence-corrected chi connectivity index (χ2v) is 5.59. The number of hydrogen-bond acceptors (Lipinski definition) is 3. The zero-order chi connectivity index (χ0) is 15.4. The highest BCUT2D eigenvalue weighted by Crippen LogP contribution is 2.32. The number of benzene rings is 1. The lowest BCUT2D eigenvalue weighted by Crippen LogP contribution is -2.30. The number of anilines is 2. The number of aromatic nitrogens is 1. The molecular weight excluding hydrogens is 309 g/mol. The predicted molar refractivity (Wildman–Crippen MR) is 86.6 cm³/mol. The third kappa shape index (κ3) is 4.09. The molecule has 1 heterocycles. The molecule has 0 radical (unpaired) electrons. The summed E-state index contributed by atoms with van der Waals surface area (Å²) in [6.45, 7) is 3.78. The Kier molecular flexibility index (Phi) is 5.04. The summed E-state index contributed by atoms with van der Waals surface area (Å²) < 4.78 is 0. The normalized spacial score (nSPS) is 10.5. The van der Waals surface area contributed by atoms with Gasteiger partial charge in [-0.05, 0) is 38.1 Å². The summed E-state index contributed by atoms with van der Waals surface area (Å²) in [5.41, 5.74) is 1.62. The molecule has 2 aromatic rings. The monoisotopic (exact) mass is 323 g/mol. The van der Waals surface area contributed by atoms with Crippen LogP contribution in [-0.4, -0.2) is 16.9 Å². The van der Waals surface area contributed by atoms with Crippen molar-refractivity contribution >= 4 is 40.5 Å². The van der Waals surface area contributed by atoms with Gasteiger partial charge in [-0.15, -0.1) is 0 Å². The predicted octanol–water partition coefficient (Wildman–Crippen LogP) is 4.27. The van der Waals surface area contributed by atoms with E-state index in [1.807, 2.05) is 13.8 Å². The molecule has 4 nitrogen and oxygen atoms in total. The molecule has 0 unspecified atom stereocenters. The molecular formula is C15H15Cl2N3O. The molecule has 2 rings (SSSR count). The van der Waals surface area contributed by atoms with Gasteiger partial charge in [0, 0.05) is 17.9 Å². The molecule has 0 spiro atoms. The van der Waals surface area contributed by atoms with Crippen LogP contribution in [0.3, 0.4) is 0 Å². The topological polar surface area (TPSA) is 54.0 Å². The third-order valence-corrected chi connectivity index (χ3v) is 3.27. The van der Waals surface area contributed by atoms with E-state index in [9.17, 15) is 4.79 Å². The van der Waals surface area contributed by atoms with Crippen molar-refractivity contribution in [1.82, 2.24) is 10.3 Å². The molecule has 1 amide bonds. The lowest BCUT2D eigenvalue weighted by Gasteiger charge is -2.12. The zero-order valence-corrected chi connectivity index (χ0v) is 13.2. The fourth-order valence-corrected chi connectivity index (χ4v) is 2.22. The van der Waals surface area contributed by atoms with E-state index in [4.69, 9.17) is 23.2 Å². The number of carbonyl (C=O) groups is 1. The minimum absolute atomic E-state index is 0.0499. The van der Waals surface area contributed by atoms with Gasteiger partial charge in [-0.2, -0.15) is 0 Å². The first-order valence-electron chi connectivity index (χ1n) is 6.45. The molecule has 21 heavy (non-hydrogen) atoms. The van der Waals surface area contributed by atoms with Crippen LogP contribution in [0.5, 0.6) is 0 Å². The summed E-state index contributed by atoms with van der Waals surface area (Å²) in [5.74, 6) is -0.223. The van der Waals surface area contributed by atoms with Crippen LogP contribution in [-0.2, 0) is 0 Å². The number of pyridine rings is 1. The highest BCUT2D eigenvalue weighted by molar-refractivity contribution is 6.39. The molecule has 0 fully saturated rings. The van der Waals surface area contributed by atoms with E-state index < -0.39 is 0 Å². The highest BCUT2D eigenvalue weighted by Gasteiger charge is 2.10. The highest BCUT2D eigenvalue weighted by atomic mass is 35.5. The first-order chi connectivity index (χ1) is 9.97. The van der Waals surface area contributed by atoms with Crippen molar-refractivity contribution in [3.8, 4) is 0 Å². The molecule has 0 aliphatic heterocycles. The zero-order valence-electron chi connectivity index (χ0n) is 11.7. The van der Waals surface area contributed by atoms with Crippen molar-refractivity contribution in [1.29, 1.82) is 0 Å². The first kappa shape index (κ1) is 15.6. The van der Waals surface area contributed by atoms with Crippen molar-refractivity contribution in [2.45, 2.75) is 19.9 Å². The van der Waals surface area contributed by atoms with Gasteiger partial charge in [0.15, 0.2) is 0 Å². The number of carbonyl (C=O) groups excluding carboxylic acids is 1. The van der Waals surface area contributed by atoms with Gasteiger partial charge in [0.2, 0.25) is 0 Å². The van der Waals surface area contributed by atoms with E-state index >= 15 is 0 Å². The van der Waals surface area contributed by atoms with E-state index in [2.05, 4.69) is 15.6 Å². The van der Waals surface area contributed by atoms with Crippen molar-refractivity contribution < 1.29 is 4.79 Å². The summed E-state index contributed by atoms with van der Waals surface area (Å²) in [7, 11) is 0. The maximum Gasteiger partial charge on any atom is 0.270 e. The van der Waals surface area contributed by atoms with Gasteiger partial charge in [-0.1, -0.05) is 29.3 Å². The summed E-state index contributed by atoms with van der Waals surface area (Å²) in [4.78, 5) is 16.0. The minimum Gasteiger partial charge on any atom is -0.353 e. The van der Waals surface area contributed by atoms with Crippen molar-refractivity contribution in [3.05, 3.63) is 52.3 Å². The van der Waals surface area contributed by atoms with Crippen molar-refractivity contribution in [2.24, 2.45) is 0 Å². The van der Waals surface area contributed by atoms with E-state index in [1.165, 1.54) is 0 Å². The fourth-order valence-electron chi connectivity index (χ4n) is 1.73. The number of nitrogens with one attached hydrogen (secondary N) is 2. The van der Waals surface area contributed by atoms with Gasteiger partial charge in [-0.25, -0.2) is 0 Å². The Morgan fingerprint density at radius 1 is 1.19 bits per heavy atom. The fraction of sp³-hybridized carbons (Fsp3) is 0.200. The first-order valence-corrected chi connectivity index (χ1v) is 7.21. The number of nitrogens with zero attached hydrogens (tertiary/aromatic N) is 1. The van der Waals surface area contributed by atoms with Gasteiger partial charge in [0.1, 0.15) is 5.69 Å². The average Bonchev–Trinajstić information content (AvgIpc) is 2.43. The quantitative estimate of drug-likeness (QED) is 0.883. The second kappa shape index (κ2) is 6.78. The number of hydrogen-bond donors (Lipinski definition) is 2. The van der Waals surface area contributed by atoms with E-state index in [0.29, 0.717) is 27.1 Å². The van der Waals surface area contributed by atoms with E-state index in [1.54, 1.807) is 36.5 Å². The van der Waals surface area contributed by atoms with Crippen LogP contribution >= 0.6 is 23.2 Å². The summed E-state index contributed by atoms with van der Waals surface area (Å²) in [6, 6.07) is 8.69. The average molecular weight is 324 g/mol. The van der Waals surface area contributed by atoms with Gasteiger partial charge >= 0.3 is 0 Å². The van der Waals surface area contributed by atoms with Gasteiger partial charge in [0.25, 0.3) is 5.91 Å². The Morgan fingerprint density at radius 3 is 2.48 bits per heavy atom. The summed E-state index contributed by atoms with van der Waals surface area (Å²) in [5, 5.41) is 6.91. The van der Waals surface area contributed by atoms with Crippen LogP contribution in [0.2, 0.25) is 10.0 Å². The Hall–Kier alpha value is -1.78. The molecule has 6 heteroatoms. The number of amides is 1. The largest absolute Gasteiger partial charge is 0.353 e. The third-order valence-electron chi connectivity index (χ3n) is 2.64. The maximum atomic E-state index is 11.9. The molecule has 0 saturated carbocycles. The molecule has 1 aromatic carbocycles. The standard InChI is InChI=1S/C15H15Cl2N3O/c1-9(2)19-15(21)13-8-10(6-7-18-13)20-14-11(16)4-3-5-12(14)17/h3-9H,1-2H3,(H,18,20)(H,19,21). The lowest BCUT2D eigenvalue weighted by atomic mass is 10.2. The minimum atomic E-state index is -0.223. The van der Waals surface area contributed by atoms with Crippen LogP contribution < -0.4 is 10.6 Å². The van der Waals surface area contributed by atoms with Crippen LogP contribution in [0.4, 0.5) is 11.4 Å². The number of rotatable bonds is 4. The molecule has 0 bridgehead atoms. The molecule has 0 saturated heterocycles. The van der Waals surface area contributed by atoms with Crippen LogP contribution in [0.15, 0.2) is 36.5 Å². The second-order valence-electron chi connectivity index (χ2n) is 4.78. The van der Waals surface area contributed by atoms with Crippen molar-refractivity contribution in [2.75, 3.05) is 5.32 Å². The molecule has 1 aromatic heterocycles. The molecule has 0 aliphatic rings. The molecule has 0 atom stereocenters. The Morgan fingerprint density at radius 2 is 1.86 bits per heavy atom. The Labute approximate surface area is 133 Å². The SMILES string of the molecule is CC(C)NC(=O)c1cc(Nc2c(Cl)cccc2Cl)ccn1. The van der Waals surface area contributed by atoms with Gasteiger partial charge < -0.3 is 10.6 Å². The van der Waals surface area contributed by atoms with Crippen LogP contribution in [0.25, 0.3) is 0 Å². The van der Waals surface area contributed by atoms with E-state index in [0.717, 1.165) is 0 Å². The molecule has 110 valence electrons. The maximum absolute atomic E-state index is 11.9. The lowest BCUT2D eigenvalue weighted by molar-refractivity contribution is 0.0938. The van der Waals surface area contributed by atoms with Crippen LogP contribution in [0, 0.1) is 0 Å². The van der Waals surface area contributed by atoms with Gasteiger partial charge in [0.05, 0.1) is 15.7 Å². The van der Waals surface area contributed by atoms with E-state index in [-0.39, 0.29) is 11.9 Å². The summed E-state index contributed by atoms with van der Waals surface area (Å²) >= 11 is 12.2. The van der Waals surface area contributed by atoms with Crippen LogP contribution in [0.1, 0.15) is 24.3 Å². The Bertz CT molecular complexity index is 639. The molecule has 2 N–H and O–H groups in total. The smallest absolute Gasteiger partial charge is 0.270 e.